The lowest BCUT2D eigenvalue weighted by molar-refractivity contribution is -0.116. The van der Waals surface area contributed by atoms with E-state index in [0.29, 0.717) is 17.5 Å². The van der Waals surface area contributed by atoms with Crippen LogP contribution in [0.4, 0.5) is 5.69 Å². The predicted octanol–water partition coefficient (Wildman–Crippen LogP) is 4.25. The zero-order valence-corrected chi connectivity index (χ0v) is 17.5. The Morgan fingerprint density at radius 3 is 2.67 bits per heavy atom. The lowest BCUT2D eigenvalue weighted by atomic mass is 10.0. The fourth-order valence-corrected chi connectivity index (χ4v) is 3.22. The number of allylic oxidation sites excluding steroid dienone is 1. The molecule has 0 bridgehead atoms. The molecule has 0 atom stereocenters. The van der Waals surface area contributed by atoms with Crippen LogP contribution >= 0.6 is 0 Å². The Morgan fingerprint density at radius 1 is 1.07 bits per heavy atom. The number of rotatable bonds is 9. The molecule has 1 aromatic heterocycles. The van der Waals surface area contributed by atoms with Gasteiger partial charge in [0.15, 0.2) is 0 Å². The van der Waals surface area contributed by atoms with Crippen LogP contribution in [0.2, 0.25) is 0 Å². The molecule has 3 rings (SSSR count). The van der Waals surface area contributed by atoms with Gasteiger partial charge in [-0.1, -0.05) is 42.0 Å². The highest BCUT2D eigenvalue weighted by atomic mass is 16.1. The number of hydrogen-bond acceptors (Lipinski definition) is 4. The van der Waals surface area contributed by atoms with Crippen molar-refractivity contribution in [3.05, 3.63) is 70.5 Å². The second kappa shape index (κ2) is 10.5. The number of aromatic nitrogens is 2. The number of carbonyl (C=O) groups excluding carboxylic acids is 1. The molecule has 0 aliphatic carbocycles. The summed E-state index contributed by atoms with van der Waals surface area (Å²) in [5, 5.41) is 14.5. The average molecular weight is 405 g/mol. The zero-order chi connectivity index (χ0) is 21.3. The first-order chi connectivity index (χ1) is 14.5. The summed E-state index contributed by atoms with van der Waals surface area (Å²) >= 11 is 0. The molecule has 156 valence electrons. The van der Waals surface area contributed by atoms with Gasteiger partial charge in [0.05, 0.1) is 11.1 Å². The van der Waals surface area contributed by atoms with E-state index in [2.05, 4.69) is 40.8 Å². The third kappa shape index (κ3) is 5.87. The first kappa shape index (κ1) is 21.5. The first-order valence-electron chi connectivity index (χ1n) is 10.3. The van der Waals surface area contributed by atoms with Gasteiger partial charge in [0.25, 0.3) is 5.56 Å². The molecule has 0 spiro atoms. The second-order valence-corrected chi connectivity index (χ2v) is 7.52. The molecule has 30 heavy (non-hydrogen) atoms. The summed E-state index contributed by atoms with van der Waals surface area (Å²) in [6.07, 6.45) is 4.42. The molecule has 0 fully saturated rings. The van der Waals surface area contributed by atoms with Crippen molar-refractivity contribution in [1.29, 1.82) is 0 Å². The number of hydrogen-bond donors (Lipinski definition) is 3. The number of fused-ring (bicyclic) bond motifs is 1. The number of benzene rings is 2. The van der Waals surface area contributed by atoms with Gasteiger partial charge in [-0.25, -0.2) is 5.10 Å². The quantitative estimate of drug-likeness (QED) is 0.367. The maximum absolute atomic E-state index is 12.3. The molecule has 0 saturated carbocycles. The van der Waals surface area contributed by atoms with Crippen LogP contribution in [0.15, 0.2) is 65.0 Å². The average Bonchev–Trinajstić information content (AvgIpc) is 2.73. The lowest BCUT2D eigenvalue weighted by Gasteiger charge is -2.09. The van der Waals surface area contributed by atoms with E-state index in [1.807, 2.05) is 42.5 Å². The van der Waals surface area contributed by atoms with Crippen molar-refractivity contribution in [2.45, 2.75) is 33.1 Å². The van der Waals surface area contributed by atoms with Gasteiger partial charge in [-0.05, 0) is 51.4 Å². The number of unbranched alkanes of at least 4 members (excludes halogenated alkanes) is 1. The van der Waals surface area contributed by atoms with E-state index in [1.165, 1.54) is 5.57 Å². The minimum Gasteiger partial charge on any atom is -0.326 e. The van der Waals surface area contributed by atoms with E-state index >= 15 is 0 Å². The van der Waals surface area contributed by atoms with Crippen LogP contribution in [0.3, 0.4) is 0 Å². The van der Waals surface area contributed by atoms with E-state index < -0.39 is 0 Å². The van der Waals surface area contributed by atoms with Crippen LogP contribution in [0.5, 0.6) is 0 Å². The van der Waals surface area contributed by atoms with Gasteiger partial charge in [-0.15, -0.1) is 0 Å². The van der Waals surface area contributed by atoms with Gasteiger partial charge in [-0.2, -0.15) is 5.10 Å². The van der Waals surface area contributed by atoms with Crippen molar-refractivity contribution in [2.75, 3.05) is 18.4 Å². The Labute approximate surface area is 176 Å². The third-order valence-corrected chi connectivity index (χ3v) is 4.78. The molecule has 6 nitrogen and oxygen atoms in total. The van der Waals surface area contributed by atoms with Crippen molar-refractivity contribution < 1.29 is 4.79 Å². The SMILES string of the molecule is CC(C)=CCNCCCCC(=O)Nc1cccc(-c2n[nH]c(=O)c3ccccc23)c1. The molecule has 0 unspecified atom stereocenters. The molecule has 0 saturated heterocycles. The van der Waals surface area contributed by atoms with Gasteiger partial charge in [-0.3, -0.25) is 9.59 Å². The van der Waals surface area contributed by atoms with E-state index in [4.69, 9.17) is 0 Å². The normalized spacial score (nSPS) is 10.7. The number of anilines is 1. The zero-order valence-electron chi connectivity index (χ0n) is 17.5. The first-order valence-corrected chi connectivity index (χ1v) is 10.3. The highest BCUT2D eigenvalue weighted by Crippen LogP contribution is 2.26. The van der Waals surface area contributed by atoms with Crippen molar-refractivity contribution in [3.8, 4) is 11.3 Å². The van der Waals surface area contributed by atoms with Gasteiger partial charge < -0.3 is 10.6 Å². The molecule has 0 aliphatic rings. The van der Waals surface area contributed by atoms with Crippen molar-refractivity contribution in [2.24, 2.45) is 0 Å². The maximum Gasteiger partial charge on any atom is 0.272 e. The fraction of sp³-hybridized carbons (Fsp3) is 0.292. The summed E-state index contributed by atoms with van der Waals surface area (Å²) in [7, 11) is 0. The van der Waals surface area contributed by atoms with Gasteiger partial charge in [0.2, 0.25) is 5.91 Å². The van der Waals surface area contributed by atoms with Gasteiger partial charge >= 0.3 is 0 Å². The summed E-state index contributed by atoms with van der Waals surface area (Å²) in [6, 6.07) is 14.9. The second-order valence-electron chi connectivity index (χ2n) is 7.52. The maximum atomic E-state index is 12.3. The summed E-state index contributed by atoms with van der Waals surface area (Å²) in [6.45, 7) is 5.93. The Balaban J connectivity index is 1.59. The van der Waals surface area contributed by atoms with Gasteiger partial charge in [0, 0.05) is 29.6 Å². The summed E-state index contributed by atoms with van der Waals surface area (Å²) < 4.78 is 0. The number of carbonyl (C=O) groups is 1. The Hall–Kier alpha value is -3.25. The molecule has 3 aromatic rings. The third-order valence-electron chi connectivity index (χ3n) is 4.78. The minimum atomic E-state index is -0.214. The van der Waals surface area contributed by atoms with Crippen LogP contribution in [0, 0.1) is 0 Å². The van der Waals surface area contributed by atoms with Crippen molar-refractivity contribution >= 4 is 22.4 Å². The van der Waals surface area contributed by atoms with Gasteiger partial charge in [0.1, 0.15) is 0 Å². The smallest absolute Gasteiger partial charge is 0.272 e. The number of H-pyrrole nitrogens is 1. The van der Waals surface area contributed by atoms with Crippen molar-refractivity contribution in [3.63, 3.8) is 0 Å². The topological polar surface area (TPSA) is 86.9 Å². The lowest BCUT2D eigenvalue weighted by Crippen LogP contribution is -2.16. The van der Waals surface area contributed by atoms with E-state index in [1.54, 1.807) is 6.07 Å². The highest BCUT2D eigenvalue weighted by Gasteiger charge is 2.10. The highest BCUT2D eigenvalue weighted by molar-refractivity contribution is 5.95. The van der Waals surface area contributed by atoms with Crippen LogP contribution in [-0.2, 0) is 4.79 Å². The Morgan fingerprint density at radius 2 is 1.87 bits per heavy atom. The molecule has 2 aromatic carbocycles. The molecule has 0 aliphatic heterocycles. The Kier molecular flexibility index (Phi) is 7.51. The molecular formula is C24H28N4O2. The summed E-state index contributed by atoms with van der Waals surface area (Å²) in [4.78, 5) is 24.3. The summed E-state index contributed by atoms with van der Waals surface area (Å²) in [5.74, 6) is -0.00395. The molecule has 6 heteroatoms. The molecule has 0 radical (unpaired) electrons. The van der Waals surface area contributed by atoms with E-state index in [0.717, 1.165) is 42.6 Å². The fourth-order valence-electron chi connectivity index (χ4n) is 3.22. The standard InChI is InChI=1S/C24H28N4O2/c1-17(2)13-15-25-14-6-5-12-22(29)26-19-9-7-8-18(16-19)23-20-10-3-4-11-21(20)24(30)28-27-23/h3-4,7-11,13,16,25H,5-6,12,14-15H2,1-2H3,(H,26,29)(H,28,30). The van der Waals surface area contributed by atoms with Crippen LogP contribution < -0.4 is 16.2 Å². The molecular weight excluding hydrogens is 376 g/mol. The molecule has 1 heterocycles. The number of aromatic amines is 1. The largest absolute Gasteiger partial charge is 0.326 e. The van der Waals surface area contributed by atoms with Crippen LogP contribution in [0.25, 0.3) is 22.0 Å². The van der Waals surface area contributed by atoms with Crippen LogP contribution in [0.1, 0.15) is 33.1 Å². The predicted molar refractivity (Wildman–Crippen MR) is 123 cm³/mol. The van der Waals surface area contributed by atoms with Crippen LogP contribution in [-0.4, -0.2) is 29.2 Å². The minimum absolute atomic E-state index is 0.00395. The molecule has 3 N–H and O–H groups in total. The Bertz CT molecular complexity index is 1100. The number of nitrogens with one attached hydrogen (secondary N) is 3. The number of nitrogens with zero attached hydrogens (tertiary/aromatic N) is 1. The van der Waals surface area contributed by atoms with E-state index in [9.17, 15) is 9.59 Å². The molecule has 1 amide bonds. The van der Waals surface area contributed by atoms with E-state index in [-0.39, 0.29) is 11.5 Å². The monoisotopic (exact) mass is 404 g/mol. The summed E-state index contributed by atoms with van der Waals surface area (Å²) in [5.41, 5.74) is 3.33. The number of amides is 1. The van der Waals surface area contributed by atoms with Crippen molar-refractivity contribution in [1.82, 2.24) is 15.5 Å².